The molecular weight excluding hydrogens is 224 g/mol. The smallest absolute Gasteiger partial charge is 0.140 e. The van der Waals surface area contributed by atoms with Crippen molar-refractivity contribution in [3.63, 3.8) is 0 Å². The predicted molar refractivity (Wildman–Crippen MR) is 72.7 cm³/mol. The van der Waals surface area contributed by atoms with Crippen LogP contribution in [0.1, 0.15) is 0 Å². The number of ether oxygens (including phenoxy) is 1. The summed E-state index contributed by atoms with van der Waals surface area (Å²) in [6.07, 6.45) is 0. The molecule has 0 spiro atoms. The maximum Gasteiger partial charge on any atom is 0.140 e. The van der Waals surface area contributed by atoms with E-state index in [1.54, 1.807) is 7.11 Å². The Hall–Kier alpha value is -2.29. The van der Waals surface area contributed by atoms with Crippen molar-refractivity contribution >= 4 is 11.0 Å². The molecule has 0 aliphatic carbocycles. The molecule has 0 saturated carbocycles. The van der Waals surface area contributed by atoms with E-state index >= 15 is 0 Å². The quantitative estimate of drug-likeness (QED) is 0.685. The fraction of sp³-hybridized carbons (Fsp3) is 0.133. The van der Waals surface area contributed by atoms with Gasteiger partial charge in [-0.1, -0.05) is 30.3 Å². The van der Waals surface area contributed by atoms with Crippen LogP contribution in [0.25, 0.3) is 22.4 Å². The number of methoxy groups -OCH3 is 1. The summed E-state index contributed by atoms with van der Waals surface area (Å²) in [5.74, 6) is 1.82. The van der Waals surface area contributed by atoms with Gasteiger partial charge in [-0.2, -0.15) is 0 Å². The number of imidazole rings is 1. The summed E-state index contributed by atoms with van der Waals surface area (Å²) in [5.41, 5.74) is 3.18. The third-order valence-electron chi connectivity index (χ3n) is 3.12. The number of nitrogens with zero attached hydrogens (tertiary/aromatic N) is 2. The van der Waals surface area contributed by atoms with Crippen LogP contribution in [-0.4, -0.2) is 16.7 Å². The van der Waals surface area contributed by atoms with E-state index in [4.69, 9.17) is 4.74 Å². The molecule has 0 fully saturated rings. The number of hydrogen-bond donors (Lipinski definition) is 0. The first-order chi connectivity index (χ1) is 8.79. The van der Waals surface area contributed by atoms with E-state index < -0.39 is 0 Å². The molecule has 0 aliphatic rings. The van der Waals surface area contributed by atoms with Crippen LogP contribution in [0.3, 0.4) is 0 Å². The van der Waals surface area contributed by atoms with Crippen molar-refractivity contribution in [1.82, 2.24) is 9.55 Å². The predicted octanol–water partition coefficient (Wildman–Crippen LogP) is 3.25. The van der Waals surface area contributed by atoms with Crippen LogP contribution in [0.2, 0.25) is 0 Å². The van der Waals surface area contributed by atoms with E-state index in [1.165, 1.54) is 0 Å². The lowest BCUT2D eigenvalue weighted by Crippen LogP contribution is -1.92. The Balaban J connectivity index is 2.23. The first-order valence-electron chi connectivity index (χ1n) is 5.85. The lowest BCUT2D eigenvalue weighted by atomic mass is 10.2. The third kappa shape index (κ3) is 1.64. The Bertz CT molecular complexity index is 686. The first kappa shape index (κ1) is 10.8. The SMILES string of the molecule is COc1ccc2nc(-c3ccccc3)n(C)c2c1. The third-order valence-corrected chi connectivity index (χ3v) is 3.12. The van der Waals surface area contributed by atoms with Gasteiger partial charge in [0.05, 0.1) is 18.1 Å². The van der Waals surface area contributed by atoms with Crippen LogP contribution in [0.5, 0.6) is 5.75 Å². The molecule has 0 atom stereocenters. The van der Waals surface area contributed by atoms with Crippen LogP contribution in [0.15, 0.2) is 48.5 Å². The second-order valence-electron chi connectivity index (χ2n) is 4.22. The second-order valence-corrected chi connectivity index (χ2v) is 4.22. The molecule has 18 heavy (non-hydrogen) atoms. The van der Waals surface area contributed by atoms with Gasteiger partial charge in [-0.15, -0.1) is 0 Å². The second kappa shape index (κ2) is 4.18. The van der Waals surface area contributed by atoms with Crippen LogP contribution >= 0.6 is 0 Å². The Labute approximate surface area is 106 Å². The molecule has 0 aliphatic heterocycles. The van der Waals surface area contributed by atoms with Crippen molar-refractivity contribution in [2.24, 2.45) is 7.05 Å². The zero-order valence-electron chi connectivity index (χ0n) is 10.4. The van der Waals surface area contributed by atoms with Crippen LogP contribution in [0.4, 0.5) is 0 Å². The molecule has 0 bridgehead atoms. The lowest BCUT2D eigenvalue weighted by molar-refractivity contribution is 0.415. The summed E-state index contributed by atoms with van der Waals surface area (Å²) >= 11 is 0. The van der Waals surface area contributed by atoms with Crippen molar-refractivity contribution < 1.29 is 4.74 Å². The average molecular weight is 238 g/mol. The van der Waals surface area contributed by atoms with E-state index in [2.05, 4.69) is 21.7 Å². The number of fused-ring (bicyclic) bond motifs is 1. The van der Waals surface area contributed by atoms with Crippen molar-refractivity contribution in [2.45, 2.75) is 0 Å². The highest BCUT2D eigenvalue weighted by Crippen LogP contribution is 2.26. The zero-order chi connectivity index (χ0) is 12.5. The molecule has 3 heteroatoms. The average Bonchev–Trinajstić information content (AvgIpc) is 2.77. The minimum atomic E-state index is 0.852. The highest BCUT2D eigenvalue weighted by molar-refractivity contribution is 5.81. The molecule has 0 unspecified atom stereocenters. The highest BCUT2D eigenvalue weighted by atomic mass is 16.5. The molecule has 0 radical (unpaired) electrons. The lowest BCUT2D eigenvalue weighted by Gasteiger charge is -2.03. The van der Waals surface area contributed by atoms with E-state index in [9.17, 15) is 0 Å². The minimum absolute atomic E-state index is 0.852. The molecule has 2 aromatic carbocycles. The number of aromatic nitrogens is 2. The molecule has 3 nitrogen and oxygen atoms in total. The van der Waals surface area contributed by atoms with Gasteiger partial charge in [-0.05, 0) is 12.1 Å². The van der Waals surface area contributed by atoms with Crippen LogP contribution in [-0.2, 0) is 7.05 Å². The minimum Gasteiger partial charge on any atom is -0.497 e. The molecule has 90 valence electrons. The maximum atomic E-state index is 5.25. The molecule has 1 heterocycles. The highest BCUT2D eigenvalue weighted by Gasteiger charge is 2.09. The van der Waals surface area contributed by atoms with Gasteiger partial charge in [0.1, 0.15) is 11.6 Å². The molecule has 3 aromatic rings. The first-order valence-corrected chi connectivity index (χ1v) is 5.85. The van der Waals surface area contributed by atoms with Gasteiger partial charge in [-0.25, -0.2) is 4.98 Å². The molecule has 3 rings (SSSR count). The summed E-state index contributed by atoms with van der Waals surface area (Å²) in [4.78, 5) is 4.67. The Morgan fingerprint density at radius 1 is 1.06 bits per heavy atom. The fourth-order valence-corrected chi connectivity index (χ4v) is 2.14. The number of aryl methyl sites for hydroxylation is 1. The number of rotatable bonds is 2. The van der Waals surface area contributed by atoms with E-state index in [0.717, 1.165) is 28.2 Å². The molecule has 0 N–H and O–H groups in total. The summed E-state index contributed by atoms with van der Waals surface area (Å²) in [6.45, 7) is 0. The zero-order valence-corrected chi connectivity index (χ0v) is 10.4. The van der Waals surface area contributed by atoms with Gasteiger partial charge in [0.15, 0.2) is 0 Å². The number of benzene rings is 2. The Morgan fingerprint density at radius 2 is 1.83 bits per heavy atom. The van der Waals surface area contributed by atoms with Crippen LogP contribution in [0, 0.1) is 0 Å². The largest absolute Gasteiger partial charge is 0.497 e. The van der Waals surface area contributed by atoms with E-state index in [1.807, 2.05) is 43.4 Å². The summed E-state index contributed by atoms with van der Waals surface area (Å²) in [5, 5.41) is 0. The summed E-state index contributed by atoms with van der Waals surface area (Å²) in [6, 6.07) is 16.1. The van der Waals surface area contributed by atoms with Gasteiger partial charge in [0.25, 0.3) is 0 Å². The van der Waals surface area contributed by atoms with Crippen molar-refractivity contribution in [3.8, 4) is 17.1 Å². The van der Waals surface area contributed by atoms with Gasteiger partial charge in [-0.3, -0.25) is 0 Å². The normalized spacial score (nSPS) is 10.8. The van der Waals surface area contributed by atoms with Crippen molar-refractivity contribution in [2.75, 3.05) is 7.11 Å². The summed E-state index contributed by atoms with van der Waals surface area (Å²) in [7, 11) is 3.70. The van der Waals surface area contributed by atoms with E-state index in [-0.39, 0.29) is 0 Å². The fourth-order valence-electron chi connectivity index (χ4n) is 2.14. The van der Waals surface area contributed by atoms with Crippen molar-refractivity contribution in [3.05, 3.63) is 48.5 Å². The molecule has 0 saturated heterocycles. The van der Waals surface area contributed by atoms with Gasteiger partial charge >= 0.3 is 0 Å². The van der Waals surface area contributed by atoms with E-state index in [0.29, 0.717) is 0 Å². The number of hydrogen-bond acceptors (Lipinski definition) is 2. The van der Waals surface area contributed by atoms with Gasteiger partial charge < -0.3 is 9.30 Å². The maximum absolute atomic E-state index is 5.25. The monoisotopic (exact) mass is 238 g/mol. The van der Waals surface area contributed by atoms with Gasteiger partial charge in [0, 0.05) is 18.7 Å². The van der Waals surface area contributed by atoms with Crippen molar-refractivity contribution in [1.29, 1.82) is 0 Å². The molecule has 1 aromatic heterocycles. The molecule has 0 amide bonds. The van der Waals surface area contributed by atoms with Gasteiger partial charge in [0.2, 0.25) is 0 Å². The van der Waals surface area contributed by atoms with Crippen LogP contribution < -0.4 is 4.74 Å². The topological polar surface area (TPSA) is 27.1 Å². The Kier molecular flexibility index (Phi) is 2.52. The molecular formula is C15H14N2O. The standard InChI is InChI=1S/C15H14N2O/c1-17-14-10-12(18-2)8-9-13(14)16-15(17)11-6-4-3-5-7-11/h3-10H,1-2H3. The Morgan fingerprint density at radius 3 is 2.56 bits per heavy atom. The summed E-state index contributed by atoms with van der Waals surface area (Å²) < 4.78 is 7.34.